The van der Waals surface area contributed by atoms with E-state index >= 15 is 0 Å². The quantitative estimate of drug-likeness (QED) is 0.833. The number of carbonyl (C=O) groups is 1. The summed E-state index contributed by atoms with van der Waals surface area (Å²) < 4.78 is 5.44. The molecule has 1 N–H and O–H groups in total. The Morgan fingerprint density at radius 2 is 2.06 bits per heavy atom. The number of hydrogen-bond acceptors (Lipinski definition) is 3. The lowest BCUT2D eigenvalue weighted by Crippen LogP contribution is -2.32. The van der Waals surface area contributed by atoms with Crippen LogP contribution in [0.1, 0.15) is 29.5 Å². The molecule has 1 aliphatic rings. The number of rotatable bonds is 3. The molecule has 1 aromatic carbocycles. The molecule has 1 heterocycles. The van der Waals surface area contributed by atoms with Crippen molar-refractivity contribution in [1.29, 1.82) is 0 Å². The van der Waals surface area contributed by atoms with Crippen LogP contribution in [0.5, 0.6) is 0 Å². The van der Waals surface area contributed by atoms with Gasteiger partial charge in [0.05, 0.1) is 5.92 Å². The minimum absolute atomic E-state index is 0.0441. The lowest BCUT2D eigenvalue weighted by atomic mass is 9.98. The summed E-state index contributed by atoms with van der Waals surface area (Å²) in [6.45, 7) is 6.34. The average molecular weight is 247 g/mol. The maximum absolute atomic E-state index is 11.9. The molecular formula is C15H21NO2. The zero-order valence-electron chi connectivity index (χ0n) is 11.2. The summed E-state index contributed by atoms with van der Waals surface area (Å²) >= 11 is 0. The number of nitrogens with one attached hydrogen (secondary N) is 1. The van der Waals surface area contributed by atoms with Crippen LogP contribution in [0.2, 0.25) is 0 Å². The summed E-state index contributed by atoms with van der Waals surface area (Å²) in [4.78, 5) is 11.9. The minimum atomic E-state index is -0.0441. The number of carbonyl (C=O) groups excluding carboxylic acids is 1. The van der Waals surface area contributed by atoms with Gasteiger partial charge in [-0.1, -0.05) is 23.8 Å². The third-order valence-corrected chi connectivity index (χ3v) is 3.55. The summed E-state index contributed by atoms with van der Waals surface area (Å²) in [7, 11) is 0. The summed E-state index contributed by atoms with van der Waals surface area (Å²) in [5.41, 5.74) is 3.49. The molecule has 1 aliphatic heterocycles. The van der Waals surface area contributed by atoms with Crippen molar-refractivity contribution in [1.82, 2.24) is 5.32 Å². The molecule has 18 heavy (non-hydrogen) atoms. The van der Waals surface area contributed by atoms with Crippen LogP contribution in [0, 0.1) is 19.8 Å². The monoisotopic (exact) mass is 247 g/mol. The van der Waals surface area contributed by atoms with Gasteiger partial charge in [0.1, 0.15) is 6.61 Å². The largest absolute Gasteiger partial charge is 0.461 e. The fraction of sp³-hybridized carbons (Fsp3) is 0.533. The predicted molar refractivity (Wildman–Crippen MR) is 71.3 cm³/mol. The van der Waals surface area contributed by atoms with Crippen LogP contribution in [0.15, 0.2) is 18.2 Å². The zero-order valence-corrected chi connectivity index (χ0v) is 11.2. The van der Waals surface area contributed by atoms with Gasteiger partial charge < -0.3 is 10.1 Å². The lowest BCUT2D eigenvalue weighted by Gasteiger charge is -2.21. The maximum atomic E-state index is 11.9. The van der Waals surface area contributed by atoms with E-state index in [4.69, 9.17) is 4.74 Å². The second kappa shape index (κ2) is 6.01. The smallest absolute Gasteiger partial charge is 0.309 e. The average Bonchev–Trinajstić information content (AvgIpc) is 2.40. The van der Waals surface area contributed by atoms with Gasteiger partial charge in [-0.25, -0.2) is 0 Å². The van der Waals surface area contributed by atoms with Gasteiger partial charge in [0.2, 0.25) is 0 Å². The second-order valence-electron chi connectivity index (χ2n) is 5.06. The third kappa shape index (κ3) is 3.33. The van der Waals surface area contributed by atoms with E-state index in [1.54, 1.807) is 0 Å². The fourth-order valence-electron chi connectivity index (χ4n) is 2.28. The number of piperidine rings is 1. The Bertz CT molecular complexity index is 423. The first-order valence-corrected chi connectivity index (χ1v) is 6.60. The Kier molecular flexibility index (Phi) is 4.37. The van der Waals surface area contributed by atoms with E-state index in [-0.39, 0.29) is 11.9 Å². The normalized spacial score (nSPS) is 16.6. The molecule has 0 aromatic heterocycles. The maximum Gasteiger partial charge on any atom is 0.309 e. The first-order valence-electron chi connectivity index (χ1n) is 6.60. The van der Waals surface area contributed by atoms with Gasteiger partial charge in [0.15, 0.2) is 0 Å². The Morgan fingerprint density at radius 1 is 1.33 bits per heavy atom. The molecule has 3 nitrogen and oxygen atoms in total. The van der Waals surface area contributed by atoms with E-state index in [1.807, 2.05) is 6.92 Å². The Labute approximate surface area is 109 Å². The van der Waals surface area contributed by atoms with Crippen molar-refractivity contribution >= 4 is 5.97 Å². The van der Waals surface area contributed by atoms with Crippen LogP contribution in [0.4, 0.5) is 0 Å². The van der Waals surface area contributed by atoms with Gasteiger partial charge in [0.25, 0.3) is 0 Å². The summed E-state index contributed by atoms with van der Waals surface area (Å²) in [5.74, 6) is 0.0359. The van der Waals surface area contributed by atoms with Crippen LogP contribution >= 0.6 is 0 Å². The van der Waals surface area contributed by atoms with E-state index in [2.05, 4.69) is 30.4 Å². The zero-order chi connectivity index (χ0) is 13.0. The molecule has 0 saturated carbocycles. The van der Waals surface area contributed by atoms with Crippen LogP contribution in [0.25, 0.3) is 0 Å². The van der Waals surface area contributed by atoms with E-state index in [1.165, 1.54) is 11.1 Å². The first-order chi connectivity index (χ1) is 8.66. The Balaban J connectivity index is 1.90. The van der Waals surface area contributed by atoms with Gasteiger partial charge in [-0.3, -0.25) is 4.79 Å². The van der Waals surface area contributed by atoms with Gasteiger partial charge in [0, 0.05) is 0 Å². The molecule has 98 valence electrons. The molecule has 3 heteroatoms. The van der Waals surface area contributed by atoms with Crippen molar-refractivity contribution in [2.24, 2.45) is 5.92 Å². The Morgan fingerprint density at radius 3 is 2.78 bits per heavy atom. The van der Waals surface area contributed by atoms with Crippen LogP contribution in [-0.4, -0.2) is 19.1 Å². The highest BCUT2D eigenvalue weighted by molar-refractivity contribution is 5.72. The molecule has 0 unspecified atom stereocenters. The second-order valence-corrected chi connectivity index (χ2v) is 5.06. The van der Waals surface area contributed by atoms with Gasteiger partial charge in [-0.05, 0) is 50.9 Å². The van der Waals surface area contributed by atoms with E-state index in [0.29, 0.717) is 6.61 Å². The number of aryl methyl sites for hydroxylation is 2. The highest BCUT2D eigenvalue weighted by Crippen LogP contribution is 2.16. The van der Waals surface area contributed by atoms with Crippen LogP contribution in [-0.2, 0) is 16.1 Å². The predicted octanol–water partition coefficient (Wildman–Crippen LogP) is 2.35. The summed E-state index contributed by atoms with van der Waals surface area (Å²) in [5, 5.41) is 3.25. The number of ether oxygens (including phenoxy) is 1. The van der Waals surface area contributed by atoms with Gasteiger partial charge in [-0.15, -0.1) is 0 Å². The molecular weight excluding hydrogens is 226 g/mol. The molecule has 0 spiro atoms. The van der Waals surface area contributed by atoms with Crippen molar-refractivity contribution in [3.05, 3.63) is 34.9 Å². The van der Waals surface area contributed by atoms with Crippen molar-refractivity contribution < 1.29 is 9.53 Å². The standard InChI is InChI=1S/C15H21NO2/c1-11-3-4-12(2)14(9-11)10-18-15(17)13-5-7-16-8-6-13/h3-4,9,13,16H,5-8,10H2,1-2H3. The fourth-order valence-corrected chi connectivity index (χ4v) is 2.28. The molecule has 1 aromatic rings. The third-order valence-electron chi connectivity index (χ3n) is 3.55. The van der Waals surface area contributed by atoms with Crippen LogP contribution in [0.3, 0.4) is 0 Å². The van der Waals surface area contributed by atoms with Crippen molar-refractivity contribution in [3.63, 3.8) is 0 Å². The van der Waals surface area contributed by atoms with Crippen LogP contribution < -0.4 is 5.32 Å². The van der Waals surface area contributed by atoms with Crippen molar-refractivity contribution in [3.8, 4) is 0 Å². The molecule has 0 bridgehead atoms. The van der Waals surface area contributed by atoms with E-state index < -0.39 is 0 Å². The number of benzene rings is 1. The minimum Gasteiger partial charge on any atom is -0.461 e. The highest BCUT2D eigenvalue weighted by atomic mass is 16.5. The van der Waals surface area contributed by atoms with Crippen molar-refractivity contribution in [2.45, 2.75) is 33.3 Å². The van der Waals surface area contributed by atoms with Gasteiger partial charge >= 0.3 is 5.97 Å². The molecule has 1 saturated heterocycles. The first kappa shape index (κ1) is 13.1. The summed E-state index contributed by atoms with van der Waals surface area (Å²) in [6, 6.07) is 6.24. The Hall–Kier alpha value is -1.35. The topological polar surface area (TPSA) is 38.3 Å². The SMILES string of the molecule is Cc1ccc(C)c(COC(=O)C2CCNCC2)c1. The highest BCUT2D eigenvalue weighted by Gasteiger charge is 2.22. The molecule has 0 atom stereocenters. The lowest BCUT2D eigenvalue weighted by molar-refractivity contribution is -0.150. The van der Waals surface area contributed by atoms with Crippen molar-refractivity contribution in [2.75, 3.05) is 13.1 Å². The summed E-state index contributed by atoms with van der Waals surface area (Å²) in [6.07, 6.45) is 1.79. The molecule has 0 amide bonds. The van der Waals surface area contributed by atoms with E-state index in [9.17, 15) is 4.79 Å². The molecule has 0 radical (unpaired) electrons. The number of hydrogen-bond donors (Lipinski definition) is 1. The molecule has 1 fully saturated rings. The number of esters is 1. The van der Waals surface area contributed by atoms with E-state index in [0.717, 1.165) is 31.5 Å². The molecule has 2 rings (SSSR count). The molecule has 0 aliphatic carbocycles. The van der Waals surface area contributed by atoms with Gasteiger partial charge in [-0.2, -0.15) is 0 Å².